The van der Waals surface area contributed by atoms with Crippen molar-refractivity contribution < 1.29 is 9.84 Å². The lowest BCUT2D eigenvalue weighted by Crippen LogP contribution is -2.25. The van der Waals surface area contributed by atoms with Crippen molar-refractivity contribution in [3.8, 4) is 0 Å². The number of aliphatic hydroxyl groups excluding tert-OH is 1. The van der Waals surface area contributed by atoms with Gasteiger partial charge in [0, 0.05) is 5.92 Å². The van der Waals surface area contributed by atoms with Gasteiger partial charge in [-0.05, 0) is 18.3 Å². The second-order valence-corrected chi connectivity index (χ2v) is 4.38. The number of hydrogen-bond acceptors (Lipinski definition) is 2. The molecule has 0 saturated carbocycles. The molecule has 1 saturated heterocycles. The summed E-state index contributed by atoms with van der Waals surface area (Å²) in [6.07, 6.45) is 0.962. The highest BCUT2D eigenvalue weighted by atomic mass is 16.5. The molecule has 1 N–H and O–H groups in total. The van der Waals surface area contributed by atoms with E-state index in [1.54, 1.807) is 0 Å². The Morgan fingerprint density at radius 1 is 1.33 bits per heavy atom. The number of ether oxygens (including phenoxy) is 1. The van der Waals surface area contributed by atoms with Crippen LogP contribution in [-0.4, -0.2) is 24.4 Å². The quantitative estimate of drug-likeness (QED) is 0.701. The summed E-state index contributed by atoms with van der Waals surface area (Å²) in [5.74, 6) is 1.67. The van der Waals surface area contributed by atoms with Crippen molar-refractivity contribution in [1.29, 1.82) is 0 Å². The molecule has 1 heterocycles. The van der Waals surface area contributed by atoms with Gasteiger partial charge in [0.2, 0.25) is 0 Å². The zero-order valence-electron chi connectivity index (χ0n) is 8.29. The van der Waals surface area contributed by atoms with E-state index in [2.05, 4.69) is 20.8 Å². The van der Waals surface area contributed by atoms with Gasteiger partial charge in [-0.2, -0.15) is 0 Å². The van der Waals surface area contributed by atoms with Crippen LogP contribution in [0, 0.1) is 17.8 Å². The molecule has 2 heteroatoms. The van der Waals surface area contributed by atoms with Gasteiger partial charge in [0.25, 0.3) is 0 Å². The van der Waals surface area contributed by atoms with Crippen LogP contribution in [0.15, 0.2) is 0 Å². The third kappa shape index (κ3) is 2.46. The number of rotatable bonds is 3. The normalized spacial score (nSPS) is 32.8. The molecule has 2 nitrogen and oxygen atoms in total. The van der Waals surface area contributed by atoms with E-state index in [0.717, 1.165) is 6.61 Å². The predicted molar refractivity (Wildman–Crippen MR) is 48.9 cm³/mol. The highest BCUT2D eigenvalue weighted by Crippen LogP contribution is 2.27. The molecule has 0 spiro atoms. The van der Waals surface area contributed by atoms with Gasteiger partial charge >= 0.3 is 0 Å². The van der Waals surface area contributed by atoms with E-state index in [1.807, 2.05) is 0 Å². The van der Waals surface area contributed by atoms with E-state index in [0.29, 0.717) is 24.4 Å². The van der Waals surface area contributed by atoms with Gasteiger partial charge in [0.15, 0.2) is 0 Å². The molecule has 1 fully saturated rings. The van der Waals surface area contributed by atoms with E-state index in [4.69, 9.17) is 4.74 Å². The molecule has 0 bridgehead atoms. The van der Waals surface area contributed by atoms with Crippen LogP contribution in [0.2, 0.25) is 0 Å². The van der Waals surface area contributed by atoms with Crippen LogP contribution in [0.3, 0.4) is 0 Å². The van der Waals surface area contributed by atoms with Crippen molar-refractivity contribution in [2.75, 3.05) is 13.2 Å². The standard InChI is InChI=1S/C10H20O2/c1-7(2)4-8(3)9-5-12-6-10(9)11/h7-11H,4-6H2,1-3H3/t8?,9-,10+/m0/s1. The first-order valence-corrected chi connectivity index (χ1v) is 4.87. The first-order chi connectivity index (χ1) is 5.61. The molecule has 0 amide bonds. The zero-order chi connectivity index (χ0) is 9.14. The van der Waals surface area contributed by atoms with E-state index >= 15 is 0 Å². The monoisotopic (exact) mass is 172 g/mol. The molecule has 1 aliphatic rings. The summed E-state index contributed by atoms with van der Waals surface area (Å²) in [4.78, 5) is 0. The Morgan fingerprint density at radius 2 is 2.00 bits per heavy atom. The van der Waals surface area contributed by atoms with Gasteiger partial charge in [0.1, 0.15) is 0 Å². The maximum atomic E-state index is 9.55. The van der Waals surface area contributed by atoms with Crippen LogP contribution in [-0.2, 0) is 4.74 Å². The molecule has 12 heavy (non-hydrogen) atoms. The van der Waals surface area contributed by atoms with Crippen molar-refractivity contribution in [2.24, 2.45) is 17.8 Å². The smallest absolute Gasteiger partial charge is 0.0826 e. The van der Waals surface area contributed by atoms with E-state index in [9.17, 15) is 5.11 Å². The van der Waals surface area contributed by atoms with Crippen LogP contribution >= 0.6 is 0 Å². The molecular weight excluding hydrogens is 152 g/mol. The molecule has 1 aliphatic heterocycles. The van der Waals surface area contributed by atoms with Crippen LogP contribution in [0.4, 0.5) is 0 Å². The van der Waals surface area contributed by atoms with Gasteiger partial charge in [-0.25, -0.2) is 0 Å². The number of hydrogen-bond donors (Lipinski definition) is 1. The highest BCUT2D eigenvalue weighted by molar-refractivity contribution is 4.78. The molecule has 0 aromatic rings. The molecule has 3 atom stereocenters. The Kier molecular flexibility index (Phi) is 3.53. The summed E-state index contributed by atoms with van der Waals surface area (Å²) < 4.78 is 5.22. The van der Waals surface area contributed by atoms with Crippen molar-refractivity contribution >= 4 is 0 Å². The van der Waals surface area contributed by atoms with Crippen LogP contribution < -0.4 is 0 Å². The third-order valence-electron chi connectivity index (χ3n) is 2.67. The SMILES string of the molecule is CC(C)CC(C)[C@@H]1COC[C@H]1O. The highest BCUT2D eigenvalue weighted by Gasteiger charge is 2.30. The van der Waals surface area contributed by atoms with Crippen molar-refractivity contribution in [1.82, 2.24) is 0 Å². The first-order valence-electron chi connectivity index (χ1n) is 4.87. The minimum Gasteiger partial charge on any atom is -0.390 e. The fourth-order valence-electron chi connectivity index (χ4n) is 2.02. The summed E-state index contributed by atoms with van der Waals surface area (Å²) in [6, 6.07) is 0. The maximum Gasteiger partial charge on any atom is 0.0826 e. The van der Waals surface area contributed by atoms with E-state index < -0.39 is 0 Å². The average molecular weight is 172 g/mol. The topological polar surface area (TPSA) is 29.5 Å². The third-order valence-corrected chi connectivity index (χ3v) is 2.67. The lowest BCUT2D eigenvalue weighted by molar-refractivity contribution is 0.103. The Hall–Kier alpha value is -0.0800. The summed E-state index contributed by atoms with van der Waals surface area (Å²) >= 11 is 0. The summed E-state index contributed by atoms with van der Waals surface area (Å²) in [6.45, 7) is 7.93. The Balaban J connectivity index is 2.35. The molecule has 0 aromatic carbocycles. The van der Waals surface area contributed by atoms with Crippen molar-refractivity contribution in [3.05, 3.63) is 0 Å². The fraction of sp³-hybridized carbons (Fsp3) is 1.00. The molecule has 1 rings (SSSR count). The van der Waals surface area contributed by atoms with Gasteiger partial charge < -0.3 is 9.84 Å². The summed E-state index contributed by atoms with van der Waals surface area (Å²) in [5, 5.41) is 9.55. The Bertz CT molecular complexity index is 134. The van der Waals surface area contributed by atoms with E-state index in [1.165, 1.54) is 6.42 Å². The van der Waals surface area contributed by atoms with Crippen LogP contribution in [0.5, 0.6) is 0 Å². The Morgan fingerprint density at radius 3 is 2.42 bits per heavy atom. The van der Waals surface area contributed by atoms with Gasteiger partial charge in [-0.1, -0.05) is 20.8 Å². The zero-order valence-corrected chi connectivity index (χ0v) is 8.29. The Labute approximate surface area is 74.9 Å². The van der Waals surface area contributed by atoms with Gasteiger partial charge in [-0.3, -0.25) is 0 Å². The molecule has 0 aliphatic carbocycles. The lowest BCUT2D eigenvalue weighted by Gasteiger charge is -2.22. The minimum atomic E-state index is -0.223. The first kappa shape index (κ1) is 10.0. The second kappa shape index (κ2) is 4.24. The summed E-state index contributed by atoms with van der Waals surface area (Å²) in [5.41, 5.74) is 0. The largest absolute Gasteiger partial charge is 0.390 e. The van der Waals surface area contributed by atoms with Crippen molar-refractivity contribution in [3.63, 3.8) is 0 Å². The molecule has 72 valence electrons. The molecular formula is C10H20O2. The summed E-state index contributed by atoms with van der Waals surface area (Å²) in [7, 11) is 0. The second-order valence-electron chi connectivity index (χ2n) is 4.38. The maximum absolute atomic E-state index is 9.55. The minimum absolute atomic E-state index is 0.223. The lowest BCUT2D eigenvalue weighted by atomic mass is 9.85. The van der Waals surface area contributed by atoms with Crippen LogP contribution in [0.25, 0.3) is 0 Å². The van der Waals surface area contributed by atoms with Crippen LogP contribution in [0.1, 0.15) is 27.2 Å². The molecule has 1 unspecified atom stereocenters. The van der Waals surface area contributed by atoms with Gasteiger partial charge in [0.05, 0.1) is 19.3 Å². The van der Waals surface area contributed by atoms with Crippen molar-refractivity contribution in [2.45, 2.75) is 33.3 Å². The predicted octanol–water partition coefficient (Wildman–Crippen LogP) is 1.68. The average Bonchev–Trinajstić information content (AvgIpc) is 2.33. The van der Waals surface area contributed by atoms with Gasteiger partial charge in [-0.15, -0.1) is 0 Å². The molecule has 0 radical (unpaired) electrons. The number of aliphatic hydroxyl groups is 1. The van der Waals surface area contributed by atoms with E-state index in [-0.39, 0.29) is 6.10 Å². The fourth-order valence-corrected chi connectivity index (χ4v) is 2.02. The molecule has 0 aromatic heterocycles.